The van der Waals surface area contributed by atoms with E-state index < -0.39 is 0 Å². The molecule has 36 heavy (non-hydrogen) atoms. The third-order valence-electron chi connectivity index (χ3n) is 7.87. The Morgan fingerprint density at radius 3 is 2.58 bits per heavy atom. The summed E-state index contributed by atoms with van der Waals surface area (Å²) in [6.07, 6.45) is 6.61. The SMILES string of the molecule is CO[C@@H]1[C@H](OC(=O)/C=C/c2ccc(OCCN(C)C)cc2)CCC2(CO2)[C@H]1[C@@]1(C)O[C@@H]1CCC(C)C. The van der Waals surface area contributed by atoms with Crippen LogP contribution in [0.2, 0.25) is 0 Å². The summed E-state index contributed by atoms with van der Waals surface area (Å²) in [6.45, 7) is 8.86. The largest absolute Gasteiger partial charge is 0.492 e. The second-order valence-electron chi connectivity index (χ2n) is 11.4. The molecule has 0 aromatic heterocycles. The Bertz CT molecular complexity index is 909. The molecule has 2 saturated heterocycles. The highest BCUT2D eigenvalue weighted by Gasteiger charge is 2.72. The normalized spacial score (nSPS) is 33.4. The number of methoxy groups -OCH3 is 1. The third kappa shape index (κ3) is 6.31. The number of benzene rings is 1. The summed E-state index contributed by atoms with van der Waals surface area (Å²) in [7, 11) is 5.73. The average Bonchev–Trinajstić information content (AvgIpc) is 3.75. The topological polar surface area (TPSA) is 73.1 Å². The molecule has 0 N–H and O–H groups in total. The zero-order valence-corrected chi connectivity index (χ0v) is 22.7. The molecule has 1 unspecified atom stereocenters. The Kier molecular flexibility index (Phi) is 8.45. The predicted molar refractivity (Wildman–Crippen MR) is 139 cm³/mol. The third-order valence-corrected chi connectivity index (χ3v) is 7.87. The van der Waals surface area contributed by atoms with E-state index in [0.29, 0.717) is 12.5 Å². The zero-order chi connectivity index (χ0) is 25.9. The van der Waals surface area contributed by atoms with Gasteiger partial charge in [0.05, 0.1) is 18.6 Å². The maximum atomic E-state index is 12.8. The van der Waals surface area contributed by atoms with Gasteiger partial charge in [-0.1, -0.05) is 26.0 Å². The number of hydrogen-bond acceptors (Lipinski definition) is 7. The van der Waals surface area contributed by atoms with Gasteiger partial charge < -0.3 is 28.6 Å². The Balaban J connectivity index is 1.34. The van der Waals surface area contributed by atoms with Crippen LogP contribution in [0.25, 0.3) is 6.08 Å². The first kappa shape index (κ1) is 27.1. The van der Waals surface area contributed by atoms with Gasteiger partial charge in [-0.3, -0.25) is 0 Å². The van der Waals surface area contributed by atoms with E-state index >= 15 is 0 Å². The first-order valence-corrected chi connectivity index (χ1v) is 13.3. The molecule has 2 aliphatic heterocycles. The van der Waals surface area contributed by atoms with Gasteiger partial charge in [-0.25, -0.2) is 4.79 Å². The fourth-order valence-electron chi connectivity index (χ4n) is 5.65. The lowest BCUT2D eigenvalue weighted by molar-refractivity contribution is -0.166. The fraction of sp³-hybridized carbons (Fsp3) is 0.690. The van der Waals surface area contributed by atoms with Crippen LogP contribution < -0.4 is 4.74 Å². The minimum absolute atomic E-state index is 0.0442. The number of likely N-dealkylation sites (N-methyl/N-ethyl adjacent to an activating group) is 1. The molecule has 4 rings (SSSR count). The highest BCUT2D eigenvalue weighted by atomic mass is 16.6. The van der Waals surface area contributed by atoms with Crippen molar-refractivity contribution in [3.05, 3.63) is 35.9 Å². The van der Waals surface area contributed by atoms with Crippen molar-refractivity contribution in [2.24, 2.45) is 11.8 Å². The van der Waals surface area contributed by atoms with Crippen molar-refractivity contribution in [2.75, 3.05) is 41.0 Å². The van der Waals surface area contributed by atoms with Crippen LogP contribution in [-0.4, -0.2) is 81.3 Å². The summed E-state index contributed by atoms with van der Waals surface area (Å²) in [6, 6.07) is 7.68. The Labute approximate surface area is 216 Å². The van der Waals surface area contributed by atoms with E-state index in [1.54, 1.807) is 13.2 Å². The summed E-state index contributed by atoms with van der Waals surface area (Å²) in [5, 5.41) is 0. The van der Waals surface area contributed by atoms with Gasteiger partial charge in [0.25, 0.3) is 0 Å². The number of ether oxygens (including phenoxy) is 5. The van der Waals surface area contributed by atoms with Gasteiger partial charge in [0, 0.05) is 19.7 Å². The molecule has 0 amide bonds. The van der Waals surface area contributed by atoms with Crippen molar-refractivity contribution in [2.45, 2.75) is 76.0 Å². The minimum atomic E-state index is -0.363. The number of hydrogen-bond donors (Lipinski definition) is 0. The standard InChI is InChI=1S/C29H43NO6/c1-20(2)7-13-24-28(3,36-24)27-26(32-6)23(15-16-29(27)19-34-29)35-25(31)14-10-21-8-11-22(12-9-21)33-18-17-30(4)5/h8-12,14,20,23-24,26-27H,7,13,15-19H2,1-6H3/b14-10+/t23-,24-,26-,27-,28+,29?/m1/s1. The van der Waals surface area contributed by atoms with E-state index in [0.717, 1.165) is 50.1 Å². The van der Waals surface area contributed by atoms with E-state index in [2.05, 4.69) is 25.7 Å². The maximum absolute atomic E-state index is 12.8. The second kappa shape index (κ2) is 11.2. The summed E-state index contributed by atoms with van der Waals surface area (Å²) in [5.74, 6) is 1.13. The van der Waals surface area contributed by atoms with E-state index in [1.165, 1.54) is 6.08 Å². The number of carbonyl (C=O) groups is 1. The first-order chi connectivity index (χ1) is 17.2. The highest BCUT2D eigenvalue weighted by molar-refractivity contribution is 5.87. The summed E-state index contributed by atoms with van der Waals surface area (Å²) in [4.78, 5) is 14.8. The molecule has 2 heterocycles. The predicted octanol–water partition coefficient (Wildman–Crippen LogP) is 4.34. The highest BCUT2D eigenvalue weighted by Crippen LogP contribution is 2.59. The fourth-order valence-corrected chi connectivity index (χ4v) is 5.65. The lowest BCUT2D eigenvalue weighted by Crippen LogP contribution is -2.55. The van der Waals surface area contributed by atoms with Crippen LogP contribution in [0.4, 0.5) is 0 Å². The van der Waals surface area contributed by atoms with Crippen molar-refractivity contribution in [1.29, 1.82) is 0 Å². The molecule has 1 aliphatic carbocycles. The number of epoxide rings is 2. The maximum Gasteiger partial charge on any atom is 0.331 e. The molecule has 0 bridgehead atoms. The number of carbonyl (C=O) groups excluding carboxylic acids is 1. The Hall–Kier alpha value is -1.93. The van der Waals surface area contributed by atoms with Gasteiger partial charge in [-0.2, -0.15) is 0 Å². The van der Waals surface area contributed by atoms with Crippen LogP contribution >= 0.6 is 0 Å². The minimum Gasteiger partial charge on any atom is -0.492 e. The molecular formula is C29H43NO6. The molecule has 6 atom stereocenters. The monoisotopic (exact) mass is 501 g/mol. The van der Waals surface area contributed by atoms with Crippen LogP contribution in [0.1, 0.15) is 52.0 Å². The van der Waals surface area contributed by atoms with Crippen LogP contribution in [0.3, 0.4) is 0 Å². The van der Waals surface area contributed by atoms with E-state index in [1.807, 2.05) is 38.4 Å². The lowest BCUT2D eigenvalue weighted by atomic mass is 9.68. The molecule has 1 saturated carbocycles. The van der Waals surface area contributed by atoms with E-state index in [9.17, 15) is 4.79 Å². The molecule has 1 aromatic rings. The summed E-state index contributed by atoms with van der Waals surface area (Å²) in [5.41, 5.74) is 0.398. The molecule has 3 fully saturated rings. The molecule has 1 aromatic carbocycles. The van der Waals surface area contributed by atoms with E-state index in [4.69, 9.17) is 23.7 Å². The molecule has 7 heteroatoms. The van der Waals surface area contributed by atoms with Gasteiger partial charge in [0.1, 0.15) is 35.8 Å². The molecule has 200 valence electrons. The molecular weight excluding hydrogens is 458 g/mol. The zero-order valence-electron chi connectivity index (χ0n) is 22.7. The van der Waals surface area contributed by atoms with Crippen molar-refractivity contribution >= 4 is 12.0 Å². The average molecular weight is 502 g/mol. The van der Waals surface area contributed by atoms with Crippen LogP contribution in [0, 0.1) is 11.8 Å². The smallest absolute Gasteiger partial charge is 0.331 e. The van der Waals surface area contributed by atoms with Gasteiger partial charge in [0.15, 0.2) is 0 Å². The molecule has 0 radical (unpaired) electrons. The second-order valence-corrected chi connectivity index (χ2v) is 11.4. The van der Waals surface area contributed by atoms with Gasteiger partial charge >= 0.3 is 5.97 Å². The molecule has 3 aliphatic rings. The van der Waals surface area contributed by atoms with Gasteiger partial charge in [-0.15, -0.1) is 0 Å². The van der Waals surface area contributed by atoms with E-state index in [-0.39, 0.29) is 41.4 Å². The molecule has 7 nitrogen and oxygen atoms in total. The summed E-state index contributed by atoms with van der Waals surface area (Å²) < 4.78 is 29.9. The summed E-state index contributed by atoms with van der Waals surface area (Å²) >= 11 is 0. The van der Waals surface area contributed by atoms with Gasteiger partial charge in [0.2, 0.25) is 0 Å². The Morgan fingerprint density at radius 1 is 1.25 bits per heavy atom. The first-order valence-electron chi connectivity index (χ1n) is 13.3. The quantitative estimate of drug-likeness (QED) is 0.240. The Morgan fingerprint density at radius 2 is 1.97 bits per heavy atom. The number of esters is 1. The van der Waals surface area contributed by atoms with Crippen LogP contribution in [0.5, 0.6) is 5.75 Å². The van der Waals surface area contributed by atoms with Crippen molar-refractivity contribution in [3.8, 4) is 5.75 Å². The van der Waals surface area contributed by atoms with Crippen LogP contribution in [-0.2, 0) is 23.7 Å². The van der Waals surface area contributed by atoms with Crippen molar-refractivity contribution in [1.82, 2.24) is 4.90 Å². The van der Waals surface area contributed by atoms with Gasteiger partial charge in [-0.05, 0) is 76.4 Å². The molecule has 1 spiro atoms. The lowest BCUT2D eigenvalue weighted by Gasteiger charge is -2.42. The van der Waals surface area contributed by atoms with Crippen molar-refractivity contribution in [3.63, 3.8) is 0 Å². The number of nitrogens with zero attached hydrogens (tertiary/aromatic N) is 1. The van der Waals surface area contributed by atoms with Crippen LogP contribution in [0.15, 0.2) is 30.3 Å². The number of rotatable bonds is 12. The van der Waals surface area contributed by atoms with Crippen molar-refractivity contribution < 1.29 is 28.5 Å².